The van der Waals surface area contributed by atoms with Gasteiger partial charge in [-0.05, 0) is 94.7 Å². The molecule has 2 amide bonds. The van der Waals surface area contributed by atoms with Gasteiger partial charge in [0, 0.05) is 42.6 Å². The van der Waals surface area contributed by atoms with E-state index in [2.05, 4.69) is 20.9 Å². The van der Waals surface area contributed by atoms with E-state index in [1.807, 2.05) is 94.7 Å². The molecule has 0 atom stereocenters. The summed E-state index contributed by atoms with van der Waals surface area (Å²) in [6.45, 7) is 7.46. The van der Waals surface area contributed by atoms with Crippen molar-refractivity contribution in [3.8, 4) is 22.3 Å². The summed E-state index contributed by atoms with van der Waals surface area (Å²) in [4.78, 5) is 30.3. The fourth-order valence-electron chi connectivity index (χ4n) is 6.70. The fourth-order valence-corrected chi connectivity index (χ4v) is 6.70. The van der Waals surface area contributed by atoms with Crippen LogP contribution in [0.15, 0.2) is 66.9 Å². The van der Waals surface area contributed by atoms with Gasteiger partial charge in [0.25, 0.3) is 0 Å². The van der Waals surface area contributed by atoms with E-state index in [4.69, 9.17) is 4.74 Å². The molecule has 1 heterocycles. The summed E-state index contributed by atoms with van der Waals surface area (Å²) < 4.78 is 5.96. The van der Waals surface area contributed by atoms with Gasteiger partial charge in [-0.25, -0.2) is 9.78 Å². The summed E-state index contributed by atoms with van der Waals surface area (Å²) in [5.74, 6) is 0.933. The zero-order chi connectivity index (χ0) is 31.5. The van der Waals surface area contributed by atoms with Crippen LogP contribution in [0.25, 0.3) is 22.3 Å². The summed E-state index contributed by atoms with van der Waals surface area (Å²) in [5.41, 5.74) is 2.43. The largest absolute Gasteiger partial charge is 0.438 e. The molecule has 2 aliphatic carbocycles. The highest BCUT2D eigenvalue weighted by molar-refractivity contribution is 5.92. The lowest BCUT2D eigenvalue weighted by molar-refractivity contribution is -0.177. The maximum atomic E-state index is 13.0. The zero-order valence-electron chi connectivity index (χ0n) is 26.6. The number of rotatable bonds is 8. The van der Waals surface area contributed by atoms with Crippen molar-refractivity contribution in [1.82, 2.24) is 15.6 Å². The van der Waals surface area contributed by atoms with E-state index < -0.39 is 22.8 Å². The van der Waals surface area contributed by atoms with Gasteiger partial charge in [-0.2, -0.15) is 0 Å². The van der Waals surface area contributed by atoms with Gasteiger partial charge >= 0.3 is 6.09 Å². The average molecular weight is 599 g/mol. The first-order chi connectivity index (χ1) is 20.8. The van der Waals surface area contributed by atoms with Crippen LogP contribution >= 0.6 is 0 Å². The molecule has 44 heavy (non-hydrogen) atoms. The predicted octanol–water partition coefficient (Wildman–Crippen LogP) is 6.79. The standard InChI is InChI=1S/C36H46N4O4/c1-34(2,3)40-33(42)44-36(22-35(4,43)23-36)27-15-13-26(14-16-27)30-21-38-31(20-29(30)25-9-7-6-8-10-25)39-32(41)19-24-11-17-28(37-5)18-12-24/h6-10,13-16,20-21,24,28,37,43H,11-12,17-19,22-23H2,1-5H3,(H,40,42)(H,38,39,41). The molecule has 3 aromatic rings. The van der Waals surface area contributed by atoms with E-state index in [1.165, 1.54) is 0 Å². The van der Waals surface area contributed by atoms with Crippen LogP contribution in [-0.4, -0.2) is 46.3 Å². The minimum atomic E-state index is -0.905. The highest BCUT2D eigenvalue weighted by Gasteiger charge is 2.55. The van der Waals surface area contributed by atoms with Crippen molar-refractivity contribution >= 4 is 17.8 Å². The third-order valence-corrected chi connectivity index (χ3v) is 8.81. The first kappa shape index (κ1) is 31.7. The van der Waals surface area contributed by atoms with Gasteiger partial charge in [-0.15, -0.1) is 0 Å². The molecule has 1 aromatic heterocycles. The van der Waals surface area contributed by atoms with Crippen LogP contribution in [0.2, 0.25) is 0 Å². The number of hydrogen-bond donors (Lipinski definition) is 4. The van der Waals surface area contributed by atoms with Crippen molar-refractivity contribution in [2.24, 2.45) is 5.92 Å². The third-order valence-electron chi connectivity index (χ3n) is 8.81. The Balaban J connectivity index is 1.37. The number of nitrogens with zero attached hydrogens (tertiary/aromatic N) is 1. The molecule has 0 unspecified atom stereocenters. The number of anilines is 1. The van der Waals surface area contributed by atoms with E-state index in [9.17, 15) is 14.7 Å². The Kier molecular flexibility index (Phi) is 9.14. The Morgan fingerprint density at radius 3 is 2.18 bits per heavy atom. The van der Waals surface area contributed by atoms with Crippen LogP contribution in [0, 0.1) is 5.92 Å². The van der Waals surface area contributed by atoms with Crippen LogP contribution in [0.4, 0.5) is 10.6 Å². The lowest BCUT2D eigenvalue weighted by Gasteiger charge is -2.51. The second-order valence-electron chi connectivity index (χ2n) is 13.9. The van der Waals surface area contributed by atoms with Crippen molar-refractivity contribution < 1.29 is 19.4 Å². The maximum Gasteiger partial charge on any atom is 0.408 e. The van der Waals surface area contributed by atoms with Gasteiger partial charge < -0.3 is 25.8 Å². The molecule has 0 bridgehead atoms. The number of nitrogens with one attached hydrogen (secondary N) is 3. The number of amides is 2. The number of alkyl carbamates (subject to hydrolysis) is 1. The Hall–Kier alpha value is -3.75. The van der Waals surface area contributed by atoms with Crippen LogP contribution in [0.5, 0.6) is 0 Å². The average Bonchev–Trinajstić information content (AvgIpc) is 2.96. The molecule has 2 fully saturated rings. The van der Waals surface area contributed by atoms with Crippen molar-refractivity contribution in [1.29, 1.82) is 0 Å². The quantitative estimate of drug-likeness (QED) is 0.227. The fraction of sp³-hybridized carbons (Fsp3) is 0.472. The maximum absolute atomic E-state index is 13.0. The van der Waals surface area contributed by atoms with E-state index in [0.717, 1.165) is 53.5 Å². The van der Waals surface area contributed by atoms with Gasteiger partial charge in [-0.3, -0.25) is 4.79 Å². The van der Waals surface area contributed by atoms with E-state index >= 15 is 0 Å². The minimum Gasteiger partial charge on any atom is -0.438 e. The molecule has 8 heteroatoms. The smallest absolute Gasteiger partial charge is 0.408 e. The molecular formula is C36H46N4O4. The first-order valence-corrected chi connectivity index (χ1v) is 15.7. The molecule has 2 aromatic carbocycles. The van der Waals surface area contributed by atoms with Crippen molar-refractivity contribution in [3.63, 3.8) is 0 Å². The van der Waals surface area contributed by atoms with Crippen LogP contribution < -0.4 is 16.0 Å². The van der Waals surface area contributed by atoms with Crippen molar-refractivity contribution in [2.45, 2.75) is 95.4 Å². The number of ether oxygens (including phenoxy) is 1. The second kappa shape index (κ2) is 12.7. The SMILES string of the molecule is CNC1CCC(CC(=O)Nc2cc(-c3ccccc3)c(-c3ccc(C4(OC(=O)NC(C)(C)C)CC(C)(O)C4)cc3)cn2)CC1. The van der Waals surface area contributed by atoms with Crippen molar-refractivity contribution in [3.05, 3.63) is 72.4 Å². The summed E-state index contributed by atoms with van der Waals surface area (Å²) in [6.07, 6.45) is 6.77. The van der Waals surface area contributed by atoms with Gasteiger partial charge in [0.15, 0.2) is 0 Å². The van der Waals surface area contributed by atoms with Gasteiger partial charge in [0.1, 0.15) is 11.4 Å². The number of pyridine rings is 1. The molecular weight excluding hydrogens is 552 g/mol. The normalized spacial score (nSPS) is 25.0. The lowest BCUT2D eigenvalue weighted by Crippen LogP contribution is -2.57. The van der Waals surface area contributed by atoms with Gasteiger partial charge in [0.05, 0.1) is 5.60 Å². The topological polar surface area (TPSA) is 113 Å². The summed E-state index contributed by atoms with van der Waals surface area (Å²) in [7, 11) is 2.01. The number of benzene rings is 2. The highest BCUT2D eigenvalue weighted by Crippen LogP contribution is 2.51. The summed E-state index contributed by atoms with van der Waals surface area (Å²) >= 11 is 0. The molecule has 0 spiro atoms. The van der Waals surface area contributed by atoms with Crippen LogP contribution in [0.3, 0.4) is 0 Å². The molecule has 2 saturated carbocycles. The van der Waals surface area contributed by atoms with E-state index in [-0.39, 0.29) is 5.91 Å². The number of carbonyl (C=O) groups excluding carboxylic acids is 2. The Bertz CT molecular complexity index is 1450. The van der Waals surface area contributed by atoms with E-state index in [0.29, 0.717) is 37.0 Å². The molecule has 0 radical (unpaired) electrons. The van der Waals surface area contributed by atoms with Crippen LogP contribution in [0.1, 0.15) is 78.2 Å². The summed E-state index contributed by atoms with van der Waals surface area (Å²) in [6, 6.07) is 20.5. The monoisotopic (exact) mass is 598 g/mol. The molecule has 8 nitrogen and oxygen atoms in total. The zero-order valence-corrected chi connectivity index (χ0v) is 26.6. The molecule has 234 valence electrons. The number of aromatic nitrogens is 1. The Morgan fingerprint density at radius 2 is 1.59 bits per heavy atom. The molecule has 0 saturated heterocycles. The minimum absolute atomic E-state index is 0.00120. The Labute approximate surface area is 261 Å². The lowest BCUT2D eigenvalue weighted by atomic mass is 9.65. The molecule has 5 rings (SSSR count). The predicted molar refractivity (Wildman–Crippen MR) is 174 cm³/mol. The molecule has 0 aliphatic heterocycles. The highest BCUT2D eigenvalue weighted by atomic mass is 16.6. The molecule has 2 aliphatic rings. The second-order valence-corrected chi connectivity index (χ2v) is 13.9. The van der Waals surface area contributed by atoms with Crippen molar-refractivity contribution in [2.75, 3.05) is 12.4 Å². The van der Waals surface area contributed by atoms with Gasteiger partial charge in [0.2, 0.25) is 5.91 Å². The third kappa shape index (κ3) is 7.66. The van der Waals surface area contributed by atoms with Gasteiger partial charge in [-0.1, -0.05) is 54.6 Å². The van der Waals surface area contributed by atoms with E-state index in [1.54, 1.807) is 6.92 Å². The number of carbonyl (C=O) groups is 2. The Morgan fingerprint density at radius 1 is 0.955 bits per heavy atom. The molecule has 4 N–H and O–H groups in total. The number of aliphatic hydroxyl groups is 1. The van der Waals surface area contributed by atoms with Crippen LogP contribution in [-0.2, 0) is 15.1 Å². The summed E-state index contributed by atoms with van der Waals surface area (Å²) in [5, 5.41) is 19.9. The first-order valence-electron chi connectivity index (χ1n) is 15.7. The number of hydrogen-bond acceptors (Lipinski definition) is 6.